The lowest BCUT2D eigenvalue weighted by atomic mass is 9.88. The molecule has 1 heterocycles. The molecule has 1 aliphatic carbocycles. The number of rotatable bonds is 2. The second-order valence-corrected chi connectivity index (χ2v) is 5.63. The Labute approximate surface area is 82.5 Å². The van der Waals surface area contributed by atoms with Gasteiger partial charge in [-0.3, -0.25) is 4.90 Å². The Morgan fingerprint density at radius 2 is 1.69 bits per heavy atom. The van der Waals surface area contributed by atoms with E-state index >= 15 is 0 Å². The summed E-state index contributed by atoms with van der Waals surface area (Å²) in [4.78, 5) is 2.73. The Bertz CT molecular complexity index is 191. The number of likely N-dealkylation sites (tertiary alicyclic amines) is 1. The minimum absolute atomic E-state index is 0.743. The highest BCUT2D eigenvalue weighted by Gasteiger charge is 2.56. The molecule has 0 bridgehead atoms. The van der Waals surface area contributed by atoms with Crippen molar-refractivity contribution in [2.24, 2.45) is 11.3 Å². The molecule has 0 N–H and O–H groups in total. The molecule has 2 rings (SSSR count). The molecule has 1 nitrogen and oxygen atoms in total. The maximum Gasteiger partial charge on any atom is 0.0178 e. The molecular formula is C12H23N. The fourth-order valence-electron chi connectivity index (χ4n) is 3.37. The molecule has 0 radical (unpaired) electrons. The van der Waals surface area contributed by atoms with Crippen molar-refractivity contribution < 1.29 is 0 Å². The zero-order valence-electron chi connectivity index (χ0n) is 9.51. The molecule has 1 heteroatoms. The van der Waals surface area contributed by atoms with Gasteiger partial charge in [0.25, 0.3) is 0 Å². The van der Waals surface area contributed by atoms with E-state index in [1.165, 1.54) is 25.8 Å². The van der Waals surface area contributed by atoms with Crippen LogP contribution in [0.25, 0.3) is 0 Å². The van der Waals surface area contributed by atoms with Crippen molar-refractivity contribution >= 4 is 0 Å². The van der Waals surface area contributed by atoms with Gasteiger partial charge in [-0.2, -0.15) is 0 Å². The van der Waals surface area contributed by atoms with E-state index < -0.39 is 0 Å². The van der Waals surface area contributed by atoms with Gasteiger partial charge in [0, 0.05) is 12.1 Å². The van der Waals surface area contributed by atoms with Crippen molar-refractivity contribution in [3.8, 4) is 0 Å². The van der Waals surface area contributed by atoms with Crippen molar-refractivity contribution in [3.05, 3.63) is 0 Å². The average molecular weight is 181 g/mol. The van der Waals surface area contributed by atoms with Crippen LogP contribution in [-0.4, -0.2) is 23.5 Å². The van der Waals surface area contributed by atoms with Gasteiger partial charge in [0.2, 0.25) is 0 Å². The van der Waals surface area contributed by atoms with E-state index in [9.17, 15) is 0 Å². The molecule has 1 atom stereocenters. The van der Waals surface area contributed by atoms with Crippen LogP contribution in [0.3, 0.4) is 0 Å². The zero-order valence-corrected chi connectivity index (χ0v) is 9.51. The lowest BCUT2D eigenvalue weighted by Crippen LogP contribution is -2.41. The van der Waals surface area contributed by atoms with Crippen molar-refractivity contribution in [1.82, 2.24) is 4.90 Å². The topological polar surface area (TPSA) is 3.24 Å². The van der Waals surface area contributed by atoms with E-state index in [1.807, 2.05) is 0 Å². The summed E-state index contributed by atoms with van der Waals surface area (Å²) >= 11 is 0. The highest BCUT2D eigenvalue weighted by molar-refractivity contribution is 5.09. The van der Waals surface area contributed by atoms with Crippen LogP contribution in [0.2, 0.25) is 0 Å². The molecule has 0 amide bonds. The first-order valence-electron chi connectivity index (χ1n) is 5.82. The first-order valence-corrected chi connectivity index (χ1v) is 5.82. The predicted octanol–water partition coefficient (Wildman–Crippen LogP) is 2.91. The third kappa shape index (κ3) is 1.41. The summed E-state index contributed by atoms with van der Waals surface area (Å²) in [5, 5.41) is 0. The van der Waals surface area contributed by atoms with E-state index in [2.05, 4.69) is 32.6 Å². The molecular weight excluding hydrogens is 158 g/mol. The van der Waals surface area contributed by atoms with Gasteiger partial charge < -0.3 is 0 Å². The van der Waals surface area contributed by atoms with Crippen LogP contribution >= 0.6 is 0 Å². The molecule has 2 fully saturated rings. The molecule has 76 valence electrons. The highest BCUT2D eigenvalue weighted by atomic mass is 15.2. The second kappa shape index (κ2) is 2.98. The lowest BCUT2D eigenvalue weighted by molar-refractivity contribution is 0.133. The Morgan fingerprint density at radius 1 is 1.08 bits per heavy atom. The fourth-order valence-corrected chi connectivity index (χ4v) is 3.37. The third-order valence-electron chi connectivity index (χ3n) is 4.04. The number of hydrogen-bond donors (Lipinski definition) is 0. The van der Waals surface area contributed by atoms with Gasteiger partial charge in [-0.25, -0.2) is 0 Å². The van der Waals surface area contributed by atoms with Crippen LogP contribution in [0.1, 0.15) is 47.0 Å². The molecule has 1 saturated carbocycles. The smallest absolute Gasteiger partial charge is 0.0178 e. The van der Waals surface area contributed by atoms with Crippen LogP contribution < -0.4 is 0 Å². The summed E-state index contributed by atoms with van der Waals surface area (Å²) in [7, 11) is 0. The minimum Gasteiger partial charge on any atom is -0.297 e. The van der Waals surface area contributed by atoms with Gasteiger partial charge in [0.1, 0.15) is 0 Å². The van der Waals surface area contributed by atoms with Gasteiger partial charge in [0.15, 0.2) is 0 Å². The van der Waals surface area contributed by atoms with E-state index in [1.54, 1.807) is 0 Å². The van der Waals surface area contributed by atoms with Crippen LogP contribution in [0.15, 0.2) is 0 Å². The monoisotopic (exact) mass is 181 g/mol. The Hall–Kier alpha value is -0.0400. The molecule has 1 spiro atoms. The quantitative estimate of drug-likeness (QED) is 0.633. The average Bonchev–Trinajstić information content (AvgIpc) is 2.61. The molecule has 0 aromatic rings. The van der Waals surface area contributed by atoms with Crippen LogP contribution in [0, 0.1) is 11.3 Å². The van der Waals surface area contributed by atoms with Crippen molar-refractivity contribution in [1.29, 1.82) is 0 Å². The van der Waals surface area contributed by atoms with Crippen molar-refractivity contribution in [2.45, 2.75) is 59.0 Å². The first kappa shape index (κ1) is 9.51. The van der Waals surface area contributed by atoms with Crippen LogP contribution in [0.4, 0.5) is 0 Å². The van der Waals surface area contributed by atoms with Crippen LogP contribution in [-0.2, 0) is 0 Å². The minimum atomic E-state index is 0.743. The first-order chi connectivity index (χ1) is 6.07. The summed E-state index contributed by atoms with van der Waals surface area (Å²) in [5.74, 6) is 0.840. The van der Waals surface area contributed by atoms with Crippen molar-refractivity contribution in [2.75, 3.05) is 6.54 Å². The van der Waals surface area contributed by atoms with E-state index in [0.29, 0.717) is 0 Å². The Morgan fingerprint density at radius 3 is 2.08 bits per heavy atom. The van der Waals surface area contributed by atoms with Crippen LogP contribution in [0.5, 0.6) is 0 Å². The number of hydrogen-bond acceptors (Lipinski definition) is 1. The number of nitrogens with zero attached hydrogens (tertiary/aromatic N) is 1. The molecule has 0 unspecified atom stereocenters. The van der Waals surface area contributed by atoms with E-state index in [0.717, 1.165) is 23.4 Å². The summed E-state index contributed by atoms with van der Waals surface area (Å²) in [6, 6.07) is 1.62. The van der Waals surface area contributed by atoms with Gasteiger partial charge in [-0.05, 0) is 51.0 Å². The maximum atomic E-state index is 2.73. The van der Waals surface area contributed by atoms with Gasteiger partial charge in [0.05, 0.1) is 0 Å². The largest absolute Gasteiger partial charge is 0.297 e. The predicted molar refractivity (Wildman–Crippen MR) is 56.8 cm³/mol. The summed E-state index contributed by atoms with van der Waals surface area (Å²) in [6.45, 7) is 10.8. The summed E-state index contributed by atoms with van der Waals surface area (Å²) in [6.07, 6.45) is 4.46. The van der Waals surface area contributed by atoms with Gasteiger partial charge in [-0.1, -0.05) is 13.8 Å². The molecule has 0 aromatic heterocycles. The van der Waals surface area contributed by atoms with Gasteiger partial charge in [-0.15, -0.1) is 0 Å². The Kier molecular flexibility index (Phi) is 2.18. The third-order valence-corrected chi connectivity index (χ3v) is 4.04. The summed E-state index contributed by atoms with van der Waals surface area (Å²) in [5.41, 5.74) is 0.762. The Balaban J connectivity index is 2.14. The molecule has 13 heavy (non-hydrogen) atoms. The van der Waals surface area contributed by atoms with E-state index in [-0.39, 0.29) is 0 Å². The standard InChI is InChI=1S/C12H23N/c1-9(2)11-12(5-6-12)7-8-13(11)10(3)4/h9-11H,5-8H2,1-4H3/t11-/m1/s1. The zero-order chi connectivity index (χ0) is 9.64. The molecule has 1 aliphatic heterocycles. The molecule has 1 saturated heterocycles. The second-order valence-electron chi connectivity index (χ2n) is 5.63. The van der Waals surface area contributed by atoms with Gasteiger partial charge >= 0.3 is 0 Å². The fraction of sp³-hybridized carbons (Fsp3) is 1.00. The van der Waals surface area contributed by atoms with Crippen molar-refractivity contribution in [3.63, 3.8) is 0 Å². The molecule has 2 aliphatic rings. The van der Waals surface area contributed by atoms with E-state index in [4.69, 9.17) is 0 Å². The molecule has 0 aromatic carbocycles. The lowest BCUT2D eigenvalue weighted by Gasteiger charge is -2.34. The normalized spacial score (nSPS) is 32.3. The maximum absolute atomic E-state index is 2.73. The SMILES string of the molecule is CC(C)[C@H]1N(C(C)C)CCC12CC2. The summed E-state index contributed by atoms with van der Waals surface area (Å²) < 4.78 is 0. The highest BCUT2D eigenvalue weighted by Crippen LogP contribution is 2.59.